The standard InChI is InChI=1S/C18H19NO3S3/c20-18(21)22-16-6-1-8-19(12-15-5-3-9-24-15)17(16)25-10-2-4-14-7-11-23-13-14/h1,3,5-7,9,11,13H,2,4,8,10,12H2,(H,20,21). The lowest BCUT2D eigenvalue weighted by molar-refractivity contribution is 0.119. The van der Waals surface area contributed by atoms with Crippen LogP contribution >= 0.6 is 34.4 Å². The summed E-state index contributed by atoms with van der Waals surface area (Å²) in [6, 6.07) is 6.28. The Labute approximate surface area is 159 Å². The molecule has 0 fully saturated rings. The summed E-state index contributed by atoms with van der Waals surface area (Å²) in [5.41, 5.74) is 1.36. The molecule has 4 nitrogen and oxygen atoms in total. The Morgan fingerprint density at radius 2 is 2.28 bits per heavy atom. The van der Waals surface area contributed by atoms with Gasteiger partial charge in [0.2, 0.25) is 0 Å². The molecular formula is C18H19NO3S3. The predicted octanol–water partition coefficient (Wildman–Crippen LogP) is 5.41. The molecule has 2 aromatic heterocycles. The van der Waals surface area contributed by atoms with Gasteiger partial charge in [-0.1, -0.05) is 12.1 Å². The number of hydrogen-bond donors (Lipinski definition) is 1. The summed E-state index contributed by atoms with van der Waals surface area (Å²) in [6.07, 6.45) is 4.53. The summed E-state index contributed by atoms with van der Waals surface area (Å²) in [7, 11) is 0. The molecule has 0 bridgehead atoms. The van der Waals surface area contributed by atoms with Gasteiger partial charge in [-0.2, -0.15) is 11.3 Å². The quantitative estimate of drug-likeness (QED) is 0.480. The molecule has 0 unspecified atom stereocenters. The highest BCUT2D eigenvalue weighted by atomic mass is 32.2. The molecular weight excluding hydrogens is 374 g/mol. The second kappa shape index (κ2) is 9.12. The molecule has 0 saturated heterocycles. The third-order valence-corrected chi connectivity index (χ3v) is 6.46. The number of aryl methyl sites for hydroxylation is 1. The zero-order valence-electron chi connectivity index (χ0n) is 13.6. The van der Waals surface area contributed by atoms with E-state index in [1.807, 2.05) is 12.1 Å². The zero-order valence-corrected chi connectivity index (χ0v) is 16.0. The average Bonchev–Trinajstić information content (AvgIpc) is 3.26. The molecule has 1 aliphatic heterocycles. The fraction of sp³-hybridized carbons (Fsp3) is 0.278. The molecule has 25 heavy (non-hydrogen) atoms. The van der Waals surface area contributed by atoms with E-state index in [2.05, 4.69) is 33.2 Å². The van der Waals surface area contributed by atoms with Crippen LogP contribution in [0.3, 0.4) is 0 Å². The number of thiophene rings is 2. The number of thioether (sulfide) groups is 1. The van der Waals surface area contributed by atoms with Crippen LogP contribution in [0.25, 0.3) is 0 Å². The molecule has 3 rings (SSSR count). The number of rotatable bonds is 8. The van der Waals surface area contributed by atoms with Gasteiger partial charge < -0.3 is 14.7 Å². The van der Waals surface area contributed by atoms with Gasteiger partial charge in [0.05, 0.1) is 6.54 Å². The van der Waals surface area contributed by atoms with Gasteiger partial charge in [0, 0.05) is 11.4 Å². The van der Waals surface area contributed by atoms with E-state index in [4.69, 9.17) is 9.84 Å². The van der Waals surface area contributed by atoms with Gasteiger partial charge >= 0.3 is 6.16 Å². The van der Waals surface area contributed by atoms with Crippen LogP contribution in [0.4, 0.5) is 4.79 Å². The molecule has 7 heteroatoms. The molecule has 2 aromatic rings. The number of nitrogens with zero attached hydrogens (tertiary/aromatic N) is 1. The third-order valence-electron chi connectivity index (χ3n) is 3.65. The number of ether oxygens (including phenoxy) is 1. The van der Waals surface area contributed by atoms with Crippen molar-refractivity contribution in [3.8, 4) is 0 Å². The van der Waals surface area contributed by atoms with Crippen molar-refractivity contribution in [3.63, 3.8) is 0 Å². The molecule has 132 valence electrons. The van der Waals surface area contributed by atoms with Gasteiger partial charge in [-0.3, -0.25) is 0 Å². The Bertz CT molecular complexity index is 736. The molecule has 0 atom stereocenters. The summed E-state index contributed by atoms with van der Waals surface area (Å²) in [5.74, 6) is 1.35. The Hall–Kier alpha value is -1.70. The summed E-state index contributed by atoms with van der Waals surface area (Å²) in [5, 5.41) is 16.2. The fourth-order valence-electron chi connectivity index (χ4n) is 2.54. The third kappa shape index (κ3) is 5.39. The maximum Gasteiger partial charge on any atom is 0.511 e. The van der Waals surface area contributed by atoms with Crippen LogP contribution in [-0.2, 0) is 17.7 Å². The van der Waals surface area contributed by atoms with Crippen LogP contribution in [0.1, 0.15) is 16.9 Å². The molecule has 0 radical (unpaired) electrons. The van der Waals surface area contributed by atoms with Crippen molar-refractivity contribution in [1.29, 1.82) is 0 Å². The second-order valence-electron chi connectivity index (χ2n) is 5.48. The largest absolute Gasteiger partial charge is 0.511 e. The van der Waals surface area contributed by atoms with E-state index in [0.29, 0.717) is 5.76 Å². The van der Waals surface area contributed by atoms with Crippen molar-refractivity contribution < 1.29 is 14.6 Å². The van der Waals surface area contributed by atoms with Crippen molar-refractivity contribution in [1.82, 2.24) is 4.90 Å². The Kier molecular flexibility index (Phi) is 6.61. The molecule has 0 spiro atoms. The maximum absolute atomic E-state index is 11.0. The molecule has 3 heterocycles. The van der Waals surface area contributed by atoms with Gasteiger partial charge in [-0.25, -0.2) is 4.79 Å². The van der Waals surface area contributed by atoms with Gasteiger partial charge in [0.1, 0.15) is 5.03 Å². The van der Waals surface area contributed by atoms with E-state index in [1.54, 1.807) is 40.5 Å². The molecule has 0 saturated carbocycles. The summed E-state index contributed by atoms with van der Waals surface area (Å²) in [4.78, 5) is 14.4. The minimum Gasteiger partial charge on any atom is -0.449 e. The average molecular weight is 394 g/mol. The number of hydrogen-bond acceptors (Lipinski definition) is 6. The van der Waals surface area contributed by atoms with E-state index < -0.39 is 6.16 Å². The van der Waals surface area contributed by atoms with Gasteiger partial charge in [0.25, 0.3) is 0 Å². The number of allylic oxidation sites excluding steroid dienone is 1. The van der Waals surface area contributed by atoms with E-state index in [-0.39, 0.29) is 0 Å². The van der Waals surface area contributed by atoms with Gasteiger partial charge in [-0.05, 0) is 58.5 Å². The Morgan fingerprint density at radius 1 is 1.36 bits per heavy atom. The molecule has 0 aromatic carbocycles. The number of carbonyl (C=O) groups is 1. The topological polar surface area (TPSA) is 49.8 Å². The smallest absolute Gasteiger partial charge is 0.449 e. The van der Waals surface area contributed by atoms with Crippen LogP contribution in [-0.4, -0.2) is 28.5 Å². The SMILES string of the molecule is O=C(O)OC1=C(SCCCc2ccsc2)N(Cc2cccs2)CC=C1. The lowest BCUT2D eigenvalue weighted by Gasteiger charge is -2.29. The van der Waals surface area contributed by atoms with E-state index in [1.165, 1.54) is 10.4 Å². The Morgan fingerprint density at radius 3 is 3.00 bits per heavy atom. The predicted molar refractivity (Wildman–Crippen MR) is 105 cm³/mol. The van der Waals surface area contributed by atoms with E-state index in [9.17, 15) is 4.79 Å². The van der Waals surface area contributed by atoms with Crippen molar-refractivity contribution in [2.75, 3.05) is 12.3 Å². The minimum absolute atomic E-state index is 0.427. The normalized spacial score (nSPS) is 14.2. The molecule has 0 aliphatic carbocycles. The zero-order chi connectivity index (χ0) is 17.5. The summed E-state index contributed by atoms with van der Waals surface area (Å²) >= 11 is 5.10. The van der Waals surface area contributed by atoms with Crippen LogP contribution in [0, 0.1) is 0 Å². The number of carboxylic acid groups (broad SMARTS) is 1. The first kappa shape index (κ1) is 18.1. The van der Waals surface area contributed by atoms with Crippen molar-refractivity contribution in [2.24, 2.45) is 0 Å². The maximum atomic E-state index is 11.0. The van der Waals surface area contributed by atoms with E-state index >= 15 is 0 Å². The van der Waals surface area contributed by atoms with Crippen LogP contribution < -0.4 is 0 Å². The minimum atomic E-state index is -1.27. The lowest BCUT2D eigenvalue weighted by atomic mass is 10.2. The van der Waals surface area contributed by atoms with Crippen LogP contribution in [0.2, 0.25) is 0 Å². The van der Waals surface area contributed by atoms with Crippen LogP contribution in [0.15, 0.2) is 57.3 Å². The highest BCUT2D eigenvalue weighted by Crippen LogP contribution is 2.31. The van der Waals surface area contributed by atoms with Crippen molar-refractivity contribution >= 4 is 40.6 Å². The second-order valence-corrected chi connectivity index (χ2v) is 8.38. The monoisotopic (exact) mass is 393 g/mol. The molecule has 1 N–H and O–H groups in total. The Balaban J connectivity index is 1.65. The first-order valence-corrected chi connectivity index (χ1v) is 10.8. The van der Waals surface area contributed by atoms with Crippen LogP contribution in [0.5, 0.6) is 0 Å². The van der Waals surface area contributed by atoms with Crippen molar-refractivity contribution in [2.45, 2.75) is 19.4 Å². The first-order chi connectivity index (χ1) is 12.2. The highest BCUT2D eigenvalue weighted by molar-refractivity contribution is 8.03. The molecule has 1 aliphatic rings. The highest BCUT2D eigenvalue weighted by Gasteiger charge is 2.21. The summed E-state index contributed by atoms with van der Waals surface area (Å²) < 4.78 is 5.01. The van der Waals surface area contributed by atoms with E-state index in [0.717, 1.165) is 36.7 Å². The molecule has 0 amide bonds. The fourth-order valence-corrected chi connectivity index (χ4v) is 5.02. The van der Waals surface area contributed by atoms with Gasteiger partial charge in [-0.15, -0.1) is 23.1 Å². The van der Waals surface area contributed by atoms with Gasteiger partial charge in [0.15, 0.2) is 5.76 Å². The van der Waals surface area contributed by atoms with Crippen molar-refractivity contribution in [3.05, 3.63) is 67.7 Å². The summed E-state index contributed by atoms with van der Waals surface area (Å²) in [6.45, 7) is 1.53. The lowest BCUT2D eigenvalue weighted by Crippen LogP contribution is -2.25. The first-order valence-electron chi connectivity index (χ1n) is 7.95.